The molecule has 5 heteroatoms. The van der Waals surface area contributed by atoms with Gasteiger partial charge in [0, 0.05) is 18.0 Å². The lowest BCUT2D eigenvalue weighted by atomic mass is 10.0. The van der Waals surface area contributed by atoms with Crippen molar-refractivity contribution < 1.29 is 4.42 Å². The predicted molar refractivity (Wildman–Crippen MR) is 64.6 cm³/mol. The summed E-state index contributed by atoms with van der Waals surface area (Å²) in [5.74, 6) is 0. The summed E-state index contributed by atoms with van der Waals surface area (Å²) >= 11 is 5.82. The third kappa shape index (κ3) is 2.14. The molecule has 0 aliphatic heterocycles. The Labute approximate surface area is 103 Å². The van der Waals surface area contributed by atoms with Crippen molar-refractivity contribution in [1.29, 1.82) is 5.26 Å². The van der Waals surface area contributed by atoms with Crippen LogP contribution in [0.3, 0.4) is 0 Å². The number of allylic oxidation sites excluding steroid dienone is 1. The summed E-state index contributed by atoms with van der Waals surface area (Å²) in [7, 11) is 0. The quantitative estimate of drug-likeness (QED) is 0.826. The summed E-state index contributed by atoms with van der Waals surface area (Å²) in [6, 6.07) is 7.15. The second kappa shape index (κ2) is 4.73. The molecule has 2 aromatic rings. The zero-order chi connectivity index (χ0) is 12.3. The number of furan rings is 1. The van der Waals surface area contributed by atoms with Gasteiger partial charge in [0.25, 0.3) is 0 Å². The first-order valence-corrected chi connectivity index (χ1v) is 5.15. The van der Waals surface area contributed by atoms with E-state index in [1.807, 2.05) is 6.07 Å². The molecule has 0 unspecified atom stereocenters. The molecule has 0 spiro atoms. The molecule has 2 heterocycles. The van der Waals surface area contributed by atoms with Crippen LogP contribution in [-0.2, 0) is 0 Å². The molecule has 0 radical (unpaired) electrons. The Morgan fingerprint density at radius 2 is 2.29 bits per heavy atom. The van der Waals surface area contributed by atoms with Gasteiger partial charge >= 0.3 is 0 Å². The van der Waals surface area contributed by atoms with E-state index in [9.17, 15) is 0 Å². The Morgan fingerprint density at radius 3 is 2.82 bits per heavy atom. The maximum Gasteiger partial charge on any atom is 0.202 e. The summed E-state index contributed by atoms with van der Waals surface area (Å²) in [4.78, 5) is 3.94. The lowest BCUT2D eigenvalue weighted by molar-refractivity contribution is 0.568. The van der Waals surface area contributed by atoms with Crippen molar-refractivity contribution in [1.82, 2.24) is 4.98 Å². The second-order valence-corrected chi connectivity index (χ2v) is 3.59. The van der Waals surface area contributed by atoms with Gasteiger partial charge in [0.1, 0.15) is 6.07 Å². The predicted octanol–water partition coefficient (Wildman–Crippen LogP) is 2.68. The van der Waals surface area contributed by atoms with Crippen LogP contribution in [0.1, 0.15) is 11.1 Å². The van der Waals surface area contributed by atoms with Gasteiger partial charge in [-0.3, -0.25) is 4.98 Å². The van der Waals surface area contributed by atoms with Crippen LogP contribution in [0.25, 0.3) is 11.3 Å². The number of nitriles is 1. The third-order valence-corrected chi connectivity index (χ3v) is 2.53. The Hall–Kier alpha value is -2.25. The van der Waals surface area contributed by atoms with Gasteiger partial charge in [0.2, 0.25) is 5.22 Å². The largest absolute Gasteiger partial charge is 0.452 e. The molecule has 4 nitrogen and oxygen atoms in total. The van der Waals surface area contributed by atoms with Crippen LogP contribution in [0.5, 0.6) is 0 Å². The highest BCUT2D eigenvalue weighted by molar-refractivity contribution is 6.31. The van der Waals surface area contributed by atoms with Gasteiger partial charge in [-0.15, -0.1) is 0 Å². The first-order valence-electron chi connectivity index (χ1n) is 4.77. The van der Waals surface area contributed by atoms with Crippen molar-refractivity contribution in [2.45, 2.75) is 0 Å². The van der Waals surface area contributed by atoms with Crippen LogP contribution >= 0.6 is 11.6 Å². The minimum absolute atomic E-state index is 0.166. The number of hydrogen-bond donors (Lipinski definition) is 1. The Bertz CT molecular complexity index is 596. The van der Waals surface area contributed by atoms with Crippen molar-refractivity contribution in [2.75, 3.05) is 0 Å². The number of nitrogens with zero attached hydrogens (tertiary/aromatic N) is 2. The molecule has 0 saturated heterocycles. The summed E-state index contributed by atoms with van der Waals surface area (Å²) in [6.07, 6.45) is 4.61. The van der Waals surface area contributed by atoms with E-state index in [4.69, 9.17) is 27.0 Å². The van der Waals surface area contributed by atoms with E-state index in [1.165, 1.54) is 6.26 Å². The van der Waals surface area contributed by atoms with Crippen LogP contribution in [0, 0.1) is 11.3 Å². The van der Waals surface area contributed by atoms with Crippen molar-refractivity contribution in [3.63, 3.8) is 0 Å². The fourth-order valence-corrected chi connectivity index (χ4v) is 1.63. The lowest BCUT2D eigenvalue weighted by Gasteiger charge is -2.03. The van der Waals surface area contributed by atoms with Crippen LogP contribution in [0.15, 0.2) is 41.3 Å². The molecule has 0 bridgehead atoms. The van der Waals surface area contributed by atoms with E-state index >= 15 is 0 Å². The first-order chi connectivity index (χ1) is 8.24. The molecule has 0 atom stereocenters. The number of nitrogens with two attached hydrogens (primary N) is 1. The topological polar surface area (TPSA) is 75.8 Å². The van der Waals surface area contributed by atoms with Crippen molar-refractivity contribution in [3.05, 3.63) is 53.2 Å². The van der Waals surface area contributed by atoms with Crippen LogP contribution in [0.4, 0.5) is 0 Å². The van der Waals surface area contributed by atoms with E-state index in [1.54, 1.807) is 30.6 Å². The van der Waals surface area contributed by atoms with Gasteiger partial charge in [-0.2, -0.15) is 5.26 Å². The number of aromatic nitrogens is 1. The average Bonchev–Trinajstić information content (AvgIpc) is 2.77. The molecule has 0 aromatic carbocycles. The molecular formula is C12H8ClN3O. The van der Waals surface area contributed by atoms with Gasteiger partial charge in [-0.25, -0.2) is 0 Å². The van der Waals surface area contributed by atoms with Gasteiger partial charge in [0.15, 0.2) is 0 Å². The van der Waals surface area contributed by atoms with Crippen LogP contribution < -0.4 is 5.73 Å². The van der Waals surface area contributed by atoms with E-state index < -0.39 is 0 Å². The van der Waals surface area contributed by atoms with Gasteiger partial charge < -0.3 is 10.2 Å². The van der Waals surface area contributed by atoms with Crippen molar-refractivity contribution >= 4 is 22.9 Å². The summed E-state index contributed by atoms with van der Waals surface area (Å²) < 4.78 is 4.94. The average molecular weight is 246 g/mol. The van der Waals surface area contributed by atoms with Gasteiger partial charge in [0.05, 0.1) is 23.1 Å². The molecule has 0 amide bonds. The molecule has 84 valence electrons. The highest BCUT2D eigenvalue weighted by Crippen LogP contribution is 2.27. The number of halogens is 1. The zero-order valence-corrected chi connectivity index (χ0v) is 9.48. The fourth-order valence-electron chi connectivity index (χ4n) is 1.41. The molecule has 2 rings (SSSR count). The van der Waals surface area contributed by atoms with Crippen LogP contribution in [-0.4, -0.2) is 4.98 Å². The van der Waals surface area contributed by atoms with E-state index in [2.05, 4.69) is 4.98 Å². The summed E-state index contributed by atoms with van der Waals surface area (Å²) in [6.45, 7) is 0. The van der Waals surface area contributed by atoms with Crippen molar-refractivity contribution in [3.8, 4) is 6.07 Å². The number of rotatable bonds is 2. The van der Waals surface area contributed by atoms with Gasteiger partial charge in [-0.1, -0.05) is 6.07 Å². The molecule has 0 saturated carbocycles. The summed E-state index contributed by atoms with van der Waals surface area (Å²) in [5.41, 5.74) is 7.66. The highest BCUT2D eigenvalue weighted by Gasteiger charge is 2.13. The van der Waals surface area contributed by atoms with Gasteiger partial charge in [-0.05, 0) is 23.7 Å². The Kier molecular flexibility index (Phi) is 3.12. The molecule has 0 fully saturated rings. The maximum absolute atomic E-state index is 9.15. The van der Waals surface area contributed by atoms with E-state index in [-0.39, 0.29) is 10.9 Å². The molecule has 17 heavy (non-hydrogen) atoms. The van der Waals surface area contributed by atoms with Crippen LogP contribution in [0.2, 0.25) is 5.22 Å². The smallest absolute Gasteiger partial charge is 0.202 e. The second-order valence-electron chi connectivity index (χ2n) is 3.25. The third-order valence-electron chi connectivity index (χ3n) is 2.24. The molecule has 2 N–H and O–H groups in total. The molecule has 0 aliphatic rings. The monoisotopic (exact) mass is 245 g/mol. The molecule has 2 aromatic heterocycles. The zero-order valence-electron chi connectivity index (χ0n) is 8.72. The Balaban J connectivity index is 2.57. The van der Waals surface area contributed by atoms with E-state index in [0.29, 0.717) is 16.7 Å². The SMILES string of the molecule is N#C/C(=C(/N)c1ccoc1Cl)c1cccnc1. The first kappa shape index (κ1) is 11.2. The minimum Gasteiger partial charge on any atom is -0.452 e. The lowest BCUT2D eigenvalue weighted by Crippen LogP contribution is -2.00. The number of hydrogen-bond acceptors (Lipinski definition) is 4. The summed E-state index contributed by atoms with van der Waals surface area (Å²) in [5, 5.41) is 9.32. The minimum atomic E-state index is 0.166. The van der Waals surface area contributed by atoms with E-state index in [0.717, 1.165) is 0 Å². The molecule has 0 aliphatic carbocycles. The number of pyridine rings is 1. The normalized spacial score (nSPS) is 11.8. The Morgan fingerprint density at radius 1 is 1.47 bits per heavy atom. The standard InChI is InChI=1S/C12H8ClN3O/c13-12-9(3-5-17-12)11(15)10(6-14)8-2-1-4-16-7-8/h1-5,7H,15H2/b11-10-. The van der Waals surface area contributed by atoms with Crippen molar-refractivity contribution in [2.24, 2.45) is 5.73 Å². The highest BCUT2D eigenvalue weighted by atomic mass is 35.5. The molecular weight excluding hydrogens is 238 g/mol. The fraction of sp³-hybridized carbons (Fsp3) is 0. The maximum atomic E-state index is 9.15.